The Labute approximate surface area is 146 Å². The predicted molar refractivity (Wildman–Crippen MR) is 91.7 cm³/mol. The minimum absolute atomic E-state index is 0.0595. The highest BCUT2D eigenvalue weighted by molar-refractivity contribution is 5.77. The molecule has 0 spiro atoms. The summed E-state index contributed by atoms with van der Waals surface area (Å²) in [4.78, 5) is 11.8. The van der Waals surface area contributed by atoms with Crippen molar-refractivity contribution in [3.05, 3.63) is 47.3 Å². The molecule has 1 fully saturated rings. The van der Waals surface area contributed by atoms with E-state index in [0.717, 1.165) is 17.7 Å². The number of amides is 1. The molecule has 1 aliphatic heterocycles. The van der Waals surface area contributed by atoms with Crippen LogP contribution in [0.1, 0.15) is 35.7 Å². The van der Waals surface area contributed by atoms with Gasteiger partial charge in [-0.2, -0.15) is 10.4 Å². The maximum atomic E-state index is 11.8. The molecule has 1 aromatic heterocycles. The lowest BCUT2D eigenvalue weighted by atomic mass is 9.95. The second-order valence-corrected chi connectivity index (χ2v) is 6.10. The van der Waals surface area contributed by atoms with E-state index >= 15 is 0 Å². The minimum Gasteiger partial charge on any atom is -0.495 e. The summed E-state index contributed by atoms with van der Waals surface area (Å²) in [6.45, 7) is 0.622. The molecule has 1 aromatic carbocycles. The molecule has 2 heterocycles. The third-order valence-corrected chi connectivity index (χ3v) is 4.53. The molecule has 130 valence electrons. The van der Waals surface area contributed by atoms with E-state index in [0.29, 0.717) is 24.3 Å². The zero-order valence-electron chi connectivity index (χ0n) is 14.3. The summed E-state index contributed by atoms with van der Waals surface area (Å²) in [5.74, 6) is 0.631. The van der Waals surface area contributed by atoms with E-state index in [4.69, 9.17) is 10.00 Å². The van der Waals surface area contributed by atoms with Crippen molar-refractivity contribution in [1.29, 1.82) is 5.26 Å². The van der Waals surface area contributed by atoms with Gasteiger partial charge in [-0.15, -0.1) is 0 Å². The zero-order chi connectivity index (χ0) is 17.8. The minimum atomic E-state index is -0.117. The molecule has 0 aliphatic carbocycles. The number of hydrogen-bond acceptors (Lipinski definition) is 5. The Morgan fingerprint density at radius 3 is 3.00 bits per heavy atom. The van der Waals surface area contributed by atoms with Crippen LogP contribution in [0.5, 0.6) is 5.75 Å². The van der Waals surface area contributed by atoms with E-state index in [2.05, 4.69) is 21.8 Å². The van der Waals surface area contributed by atoms with Crippen molar-refractivity contribution >= 4 is 5.91 Å². The molecule has 1 saturated heterocycles. The standard InChI is InChI=1S/C18H21N5O2/c1-23-15(7-8-21-23)18-14(5-6-17(24)22-18)20-11-12-3-4-13(10-19)16(9-12)25-2/h3-4,7-9,14,18,20H,5-6,11H2,1-2H3,(H,22,24)/t14-,18-/m1/s1. The third kappa shape index (κ3) is 3.64. The first-order valence-corrected chi connectivity index (χ1v) is 8.20. The lowest BCUT2D eigenvalue weighted by Crippen LogP contribution is -2.48. The zero-order valence-corrected chi connectivity index (χ0v) is 14.3. The van der Waals surface area contributed by atoms with Gasteiger partial charge in [0.2, 0.25) is 5.91 Å². The number of nitrogens with zero attached hydrogens (tertiary/aromatic N) is 3. The fourth-order valence-corrected chi connectivity index (χ4v) is 3.18. The molecule has 1 amide bonds. The van der Waals surface area contributed by atoms with Crippen molar-refractivity contribution in [2.45, 2.75) is 31.5 Å². The molecular weight excluding hydrogens is 318 g/mol. The number of methoxy groups -OCH3 is 1. The molecule has 7 nitrogen and oxygen atoms in total. The molecule has 0 radical (unpaired) electrons. The monoisotopic (exact) mass is 339 g/mol. The highest BCUT2D eigenvalue weighted by Crippen LogP contribution is 2.25. The first-order chi connectivity index (χ1) is 12.1. The molecule has 1 aliphatic rings. The van der Waals surface area contributed by atoms with Gasteiger partial charge < -0.3 is 15.4 Å². The first-order valence-electron chi connectivity index (χ1n) is 8.20. The Balaban J connectivity index is 1.74. The maximum absolute atomic E-state index is 11.8. The molecule has 0 unspecified atom stereocenters. The summed E-state index contributed by atoms with van der Waals surface area (Å²) >= 11 is 0. The van der Waals surface area contributed by atoms with Crippen LogP contribution in [0.25, 0.3) is 0 Å². The third-order valence-electron chi connectivity index (χ3n) is 4.53. The van der Waals surface area contributed by atoms with Crippen molar-refractivity contribution in [2.24, 2.45) is 7.05 Å². The number of nitrogens with one attached hydrogen (secondary N) is 2. The van der Waals surface area contributed by atoms with Gasteiger partial charge >= 0.3 is 0 Å². The topological polar surface area (TPSA) is 92.0 Å². The maximum Gasteiger partial charge on any atom is 0.220 e. The lowest BCUT2D eigenvalue weighted by molar-refractivity contribution is -0.124. The summed E-state index contributed by atoms with van der Waals surface area (Å²) in [6.07, 6.45) is 3.00. The average Bonchev–Trinajstić information content (AvgIpc) is 3.06. The molecular formula is C18H21N5O2. The number of nitriles is 1. The highest BCUT2D eigenvalue weighted by atomic mass is 16.5. The van der Waals surface area contributed by atoms with Crippen LogP contribution in [0.2, 0.25) is 0 Å². The van der Waals surface area contributed by atoms with Gasteiger partial charge in [-0.3, -0.25) is 9.48 Å². The van der Waals surface area contributed by atoms with Crippen LogP contribution in [-0.4, -0.2) is 28.8 Å². The number of aromatic nitrogens is 2. The van der Waals surface area contributed by atoms with E-state index in [1.165, 1.54) is 0 Å². The van der Waals surface area contributed by atoms with E-state index < -0.39 is 0 Å². The number of benzene rings is 1. The van der Waals surface area contributed by atoms with Crippen molar-refractivity contribution in [1.82, 2.24) is 20.4 Å². The van der Waals surface area contributed by atoms with Gasteiger partial charge in [-0.1, -0.05) is 6.07 Å². The fourth-order valence-electron chi connectivity index (χ4n) is 3.18. The summed E-state index contributed by atoms with van der Waals surface area (Å²) in [7, 11) is 3.43. The summed E-state index contributed by atoms with van der Waals surface area (Å²) in [5, 5.41) is 19.8. The summed E-state index contributed by atoms with van der Waals surface area (Å²) in [6, 6.07) is 9.57. The summed E-state index contributed by atoms with van der Waals surface area (Å²) in [5.41, 5.74) is 2.52. The molecule has 2 aromatic rings. The Morgan fingerprint density at radius 1 is 1.48 bits per heavy atom. The van der Waals surface area contributed by atoms with E-state index in [1.54, 1.807) is 24.1 Å². The Hall–Kier alpha value is -2.85. The number of aryl methyl sites for hydroxylation is 1. The number of carbonyl (C=O) groups excluding carboxylic acids is 1. The largest absolute Gasteiger partial charge is 0.495 e. The Morgan fingerprint density at radius 2 is 2.32 bits per heavy atom. The second kappa shape index (κ2) is 7.36. The van der Waals surface area contributed by atoms with Crippen LogP contribution >= 0.6 is 0 Å². The van der Waals surface area contributed by atoms with Crippen LogP contribution < -0.4 is 15.4 Å². The molecule has 0 saturated carbocycles. The van der Waals surface area contributed by atoms with Crippen LogP contribution in [0, 0.1) is 11.3 Å². The molecule has 0 bridgehead atoms. The SMILES string of the molecule is COc1cc(CN[C@@H]2CCC(=O)N[C@H]2c2ccnn2C)ccc1C#N. The first kappa shape index (κ1) is 17.0. The predicted octanol–water partition coefficient (Wildman–Crippen LogP) is 1.41. The molecule has 2 atom stereocenters. The highest BCUT2D eigenvalue weighted by Gasteiger charge is 2.31. The van der Waals surface area contributed by atoms with Crippen LogP contribution in [-0.2, 0) is 18.4 Å². The van der Waals surface area contributed by atoms with Gasteiger partial charge in [0.25, 0.3) is 0 Å². The van der Waals surface area contributed by atoms with Crippen molar-refractivity contribution in [2.75, 3.05) is 7.11 Å². The number of hydrogen-bond donors (Lipinski definition) is 2. The fraction of sp³-hybridized carbons (Fsp3) is 0.389. The van der Waals surface area contributed by atoms with Gasteiger partial charge in [0.15, 0.2) is 0 Å². The average molecular weight is 339 g/mol. The van der Waals surface area contributed by atoms with E-state index in [1.807, 2.05) is 25.2 Å². The molecule has 25 heavy (non-hydrogen) atoms. The number of piperidine rings is 1. The van der Waals surface area contributed by atoms with Gasteiger partial charge in [-0.05, 0) is 30.2 Å². The number of rotatable bonds is 5. The normalized spacial score (nSPS) is 20.0. The van der Waals surface area contributed by atoms with Gasteiger partial charge in [-0.25, -0.2) is 0 Å². The van der Waals surface area contributed by atoms with Crippen LogP contribution in [0.4, 0.5) is 0 Å². The summed E-state index contributed by atoms with van der Waals surface area (Å²) < 4.78 is 7.05. The Bertz CT molecular complexity index is 808. The van der Waals surface area contributed by atoms with Crippen molar-refractivity contribution in [3.63, 3.8) is 0 Å². The van der Waals surface area contributed by atoms with Gasteiger partial charge in [0.05, 0.1) is 24.4 Å². The second-order valence-electron chi connectivity index (χ2n) is 6.10. The molecule has 7 heteroatoms. The molecule has 2 N–H and O–H groups in total. The van der Waals surface area contributed by atoms with E-state index in [-0.39, 0.29) is 18.0 Å². The van der Waals surface area contributed by atoms with Crippen LogP contribution in [0.15, 0.2) is 30.5 Å². The Kier molecular flexibility index (Phi) is 5.00. The van der Waals surface area contributed by atoms with Crippen LogP contribution in [0.3, 0.4) is 0 Å². The number of carbonyl (C=O) groups is 1. The van der Waals surface area contributed by atoms with Gasteiger partial charge in [0, 0.05) is 32.3 Å². The molecule has 3 rings (SSSR count). The van der Waals surface area contributed by atoms with E-state index in [9.17, 15) is 4.79 Å². The van der Waals surface area contributed by atoms with Gasteiger partial charge in [0.1, 0.15) is 11.8 Å². The number of ether oxygens (including phenoxy) is 1. The van der Waals surface area contributed by atoms with Crippen molar-refractivity contribution in [3.8, 4) is 11.8 Å². The lowest BCUT2D eigenvalue weighted by Gasteiger charge is -2.33. The van der Waals surface area contributed by atoms with Crippen molar-refractivity contribution < 1.29 is 9.53 Å². The quantitative estimate of drug-likeness (QED) is 0.859. The smallest absolute Gasteiger partial charge is 0.220 e.